The molecule has 0 saturated carbocycles. The van der Waals surface area contributed by atoms with E-state index >= 15 is 0 Å². The highest BCUT2D eigenvalue weighted by molar-refractivity contribution is 7.20. The molecule has 0 unspecified atom stereocenters. The SMILES string of the molecule is O=C(c1cnccn1)N1CCC[C@H]1CNCc1coc2cc(Oc3nc4ncccc4s3)ccc12. The van der Waals surface area contributed by atoms with Gasteiger partial charge in [-0.25, -0.2) is 9.97 Å². The molecule has 5 aromatic rings. The Morgan fingerprint density at radius 2 is 2.20 bits per heavy atom. The summed E-state index contributed by atoms with van der Waals surface area (Å²) in [6, 6.07) is 9.77. The summed E-state index contributed by atoms with van der Waals surface area (Å²) in [6.45, 7) is 2.08. The Kier molecular flexibility index (Phi) is 5.81. The summed E-state index contributed by atoms with van der Waals surface area (Å²) in [7, 11) is 0. The van der Waals surface area contributed by atoms with E-state index in [-0.39, 0.29) is 11.9 Å². The summed E-state index contributed by atoms with van der Waals surface area (Å²) in [4.78, 5) is 31.5. The molecule has 1 aliphatic rings. The molecule has 1 fully saturated rings. The summed E-state index contributed by atoms with van der Waals surface area (Å²) in [6.07, 6.45) is 10.1. The van der Waals surface area contributed by atoms with Gasteiger partial charge in [0.1, 0.15) is 17.0 Å². The minimum absolute atomic E-state index is 0.0624. The molecule has 0 radical (unpaired) electrons. The van der Waals surface area contributed by atoms with Gasteiger partial charge in [0.15, 0.2) is 5.65 Å². The molecular weight excluding hydrogens is 464 g/mol. The van der Waals surface area contributed by atoms with E-state index in [1.165, 1.54) is 17.5 Å². The van der Waals surface area contributed by atoms with Gasteiger partial charge in [-0.2, -0.15) is 4.98 Å². The number of furan rings is 1. The van der Waals surface area contributed by atoms with Crippen LogP contribution in [0, 0.1) is 0 Å². The molecule has 10 heteroatoms. The standard InChI is InChI=1S/C25H22N6O3S/c32-24(20-14-26-8-9-28-20)31-10-2-3-17(31)13-27-12-16-15-33-21-11-18(5-6-19(16)21)34-25-30-23-22(35-25)4-1-7-29-23/h1,4-9,11,14-15,17,27H,2-3,10,12-13H2/t17-/m0/s1. The number of hydrogen-bond donors (Lipinski definition) is 1. The fourth-order valence-electron chi connectivity index (χ4n) is 4.40. The molecule has 1 N–H and O–H groups in total. The average Bonchev–Trinajstić information content (AvgIpc) is 3.62. The molecule has 0 aliphatic carbocycles. The Balaban J connectivity index is 1.09. The smallest absolute Gasteiger partial charge is 0.281 e. The first-order valence-electron chi connectivity index (χ1n) is 11.4. The van der Waals surface area contributed by atoms with Gasteiger partial charge in [0, 0.05) is 61.3 Å². The van der Waals surface area contributed by atoms with Crippen LogP contribution in [-0.2, 0) is 6.54 Å². The van der Waals surface area contributed by atoms with E-state index in [2.05, 4.69) is 25.3 Å². The number of carbonyl (C=O) groups is 1. The number of amides is 1. The largest absolute Gasteiger partial charge is 0.464 e. The highest BCUT2D eigenvalue weighted by Gasteiger charge is 2.29. The Hall–Kier alpha value is -3.89. The second-order valence-corrected chi connectivity index (χ2v) is 9.34. The molecule has 1 aliphatic heterocycles. The van der Waals surface area contributed by atoms with Crippen LogP contribution < -0.4 is 10.1 Å². The van der Waals surface area contributed by atoms with Crippen LogP contribution in [0.5, 0.6) is 10.9 Å². The van der Waals surface area contributed by atoms with Gasteiger partial charge in [0.2, 0.25) is 0 Å². The van der Waals surface area contributed by atoms with Crippen LogP contribution in [0.4, 0.5) is 0 Å². The third-order valence-electron chi connectivity index (χ3n) is 6.09. The van der Waals surface area contributed by atoms with Crippen molar-refractivity contribution in [2.45, 2.75) is 25.4 Å². The predicted octanol–water partition coefficient (Wildman–Crippen LogP) is 4.41. The molecule has 176 valence electrons. The number of pyridine rings is 1. The number of likely N-dealkylation sites (tertiary alicyclic amines) is 1. The second-order valence-electron chi connectivity index (χ2n) is 8.34. The van der Waals surface area contributed by atoms with Crippen LogP contribution in [0.25, 0.3) is 21.3 Å². The molecule has 0 bridgehead atoms. The van der Waals surface area contributed by atoms with E-state index in [1.54, 1.807) is 24.9 Å². The van der Waals surface area contributed by atoms with Crippen molar-refractivity contribution in [3.63, 3.8) is 0 Å². The van der Waals surface area contributed by atoms with Crippen molar-refractivity contribution < 1.29 is 13.9 Å². The number of fused-ring (bicyclic) bond motifs is 2. The molecule has 9 nitrogen and oxygen atoms in total. The monoisotopic (exact) mass is 486 g/mol. The van der Waals surface area contributed by atoms with Crippen molar-refractivity contribution in [3.05, 3.63) is 72.6 Å². The summed E-state index contributed by atoms with van der Waals surface area (Å²) < 4.78 is 12.7. The van der Waals surface area contributed by atoms with Gasteiger partial charge in [0.05, 0.1) is 17.2 Å². The van der Waals surface area contributed by atoms with Crippen molar-refractivity contribution in [1.29, 1.82) is 0 Å². The quantitative estimate of drug-likeness (QED) is 0.360. The third kappa shape index (κ3) is 4.45. The molecule has 5 heterocycles. The fraction of sp³-hybridized carbons (Fsp3) is 0.240. The van der Waals surface area contributed by atoms with Gasteiger partial charge in [-0.05, 0) is 37.1 Å². The number of ether oxygens (including phenoxy) is 1. The highest BCUT2D eigenvalue weighted by atomic mass is 32.1. The lowest BCUT2D eigenvalue weighted by Crippen LogP contribution is -2.41. The Morgan fingerprint density at radius 1 is 1.23 bits per heavy atom. The Bertz CT molecular complexity index is 1450. The molecule has 1 atom stereocenters. The van der Waals surface area contributed by atoms with Gasteiger partial charge >= 0.3 is 0 Å². The minimum Gasteiger partial charge on any atom is -0.464 e. The second kappa shape index (κ2) is 9.40. The van der Waals surface area contributed by atoms with Crippen molar-refractivity contribution in [2.75, 3.05) is 13.1 Å². The zero-order valence-electron chi connectivity index (χ0n) is 18.8. The van der Waals surface area contributed by atoms with Crippen LogP contribution in [0.15, 0.2) is 65.8 Å². The zero-order valence-corrected chi connectivity index (χ0v) is 19.6. The number of hydrogen-bond acceptors (Lipinski definition) is 9. The lowest BCUT2D eigenvalue weighted by Gasteiger charge is -2.24. The molecule has 1 amide bonds. The van der Waals surface area contributed by atoms with Gasteiger partial charge in [0.25, 0.3) is 11.1 Å². The van der Waals surface area contributed by atoms with Crippen LogP contribution in [-0.4, -0.2) is 49.9 Å². The number of benzene rings is 1. The molecule has 6 rings (SSSR count). The van der Waals surface area contributed by atoms with Gasteiger partial charge in [-0.3, -0.25) is 9.78 Å². The normalized spacial score (nSPS) is 15.8. The lowest BCUT2D eigenvalue weighted by atomic mass is 10.1. The fourth-order valence-corrected chi connectivity index (χ4v) is 5.20. The van der Waals surface area contributed by atoms with Crippen molar-refractivity contribution >= 4 is 38.6 Å². The third-order valence-corrected chi connectivity index (χ3v) is 6.98. The van der Waals surface area contributed by atoms with Crippen LogP contribution >= 0.6 is 11.3 Å². The first-order chi connectivity index (χ1) is 17.2. The number of nitrogens with zero attached hydrogens (tertiary/aromatic N) is 5. The maximum atomic E-state index is 12.8. The maximum Gasteiger partial charge on any atom is 0.281 e. The topological polar surface area (TPSA) is 106 Å². The van der Waals surface area contributed by atoms with Crippen molar-refractivity contribution in [1.82, 2.24) is 30.2 Å². The van der Waals surface area contributed by atoms with E-state index in [0.29, 0.717) is 35.4 Å². The molecular formula is C25H22N6O3S. The van der Waals surface area contributed by atoms with Gasteiger partial charge in [-0.15, -0.1) is 0 Å². The molecule has 35 heavy (non-hydrogen) atoms. The highest BCUT2D eigenvalue weighted by Crippen LogP contribution is 2.32. The lowest BCUT2D eigenvalue weighted by molar-refractivity contribution is 0.0729. The number of carbonyl (C=O) groups excluding carboxylic acids is 1. The number of aromatic nitrogens is 4. The van der Waals surface area contributed by atoms with Gasteiger partial charge in [-0.1, -0.05) is 11.3 Å². The zero-order chi connectivity index (χ0) is 23.6. The summed E-state index contributed by atoms with van der Waals surface area (Å²) >= 11 is 1.45. The maximum absolute atomic E-state index is 12.8. The van der Waals surface area contributed by atoms with Crippen LogP contribution in [0.1, 0.15) is 28.9 Å². The van der Waals surface area contributed by atoms with E-state index in [1.807, 2.05) is 35.2 Å². The summed E-state index contributed by atoms with van der Waals surface area (Å²) in [5.74, 6) is 0.599. The first kappa shape index (κ1) is 21.6. The molecule has 4 aromatic heterocycles. The van der Waals surface area contributed by atoms with Crippen LogP contribution in [0.3, 0.4) is 0 Å². The number of rotatable bonds is 7. The molecule has 0 spiro atoms. The van der Waals surface area contributed by atoms with E-state index in [0.717, 1.165) is 40.6 Å². The van der Waals surface area contributed by atoms with Crippen molar-refractivity contribution in [3.8, 4) is 10.9 Å². The Labute approximate surface area is 204 Å². The average molecular weight is 487 g/mol. The summed E-state index contributed by atoms with van der Waals surface area (Å²) in [5.41, 5.74) is 2.87. The van der Waals surface area contributed by atoms with Crippen LogP contribution in [0.2, 0.25) is 0 Å². The summed E-state index contributed by atoms with van der Waals surface area (Å²) in [5, 5.41) is 5.06. The molecule has 1 aromatic carbocycles. The number of nitrogens with one attached hydrogen (secondary N) is 1. The molecule has 1 saturated heterocycles. The van der Waals surface area contributed by atoms with Gasteiger partial charge < -0.3 is 19.4 Å². The van der Waals surface area contributed by atoms with E-state index in [4.69, 9.17) is 9.15 Å². The predicted molar refractivity (Wildman–Crippen MR) is 132 cm³/mol. The Morgan fingerprint density at radius 3 is 3.09 bits per heavy atom. The van der Waals surface area contributed by atoms with E-state index in [9.17, 15) is 4.79 Å². The first-order valence-corrected chi connectivity index (χ1v) is 12.2. The minimum atomic E-state index is -0.0624. The van der Waals surface area contributed by atoms with Crippen molar-refractivity contribution in [2.24, 2.45) is 0 Å². The number of thiazole rings is 1. The van der Waals surface area contributed by atoms with E-state index < -0.39 is 0 Å².